The lowest BCUT2D eigenvalue weighted by Crippen LogP contribution is -1.93. The van der Waals surface area contributed by atoms with Crippen molar-refractivity contribution < 1.29 is 0 Å². The summed E-state index contributed by atoms with van der Waals surface area (Å²) in [6, 6.07) is 13.4. The zero-order valence-corrected chi connectivity index (χ0v) is 10.5. The van der Waals surface area contributed by atoms with E-state index in [0.717, 1.165) is 0 Å². The van der Waals surface area contributed by atoms with Crippen molar-refractivity contribution in [2.75, 3.05) is 0 Å². The Balaban J connectivity index is 2.67. The van der Waals surface area contributed by atoms with Crippen molar-refractivity contribution in [3.8, 4) is 0 Å². The number of rotatable bonds is 3. The van der Waals surface area contributed by atoms with Gasteiger partial charge in [0.25, 0.3) is 0 Å². The molecule has 0 saturated carbocycles. The third kappa shape index (κ3) is 1.97. The third-order valence-electron chi connectivity index (χ3n) is 3.19. The Bertz CT molecular complexity index is 480. The van der Waals surface area contributed by atoms with Gasteiger partial charge in [-0.3, -0.25) is 0 Å². The standard InChI is InChI=1S/C16H20/c1-4-7-13-10-11-14(12(2)3)16-9-6-5-8-15(13)16/h5-6,8-12H,4,7H2,1-3H3. The van der Waals surface area contributed by atoms with E-state index in [9.17, 15) is 0 Å². The Morgan fingerprint density at radius 2 is 1.62 bits per heavy atom. The Kier molecular flexibility index (Phi) is 3.28. The second-order valence-corrected chi connectivity index (χ2v) is 4.76. The molecule has 2 aromatic carbocycles. The fraction of sp³-hybridized carbons (Fsp3) is 0.375. The van der Waals surface area contributed by atoms with Crippen molar-refractivity contribution in [2.24, 2.45) is 0 Å². The van der Waals surface area contributed by atoms with Crippen LogP contribution in [-0.4, -0.2) is 0 Å². The van der Waals surface area contributed by atoms with E-state index in [1.54, 1.807) is 0 Å². The van der Waals surface area contributed by atoms with Gasteiger partial charge in [-0.1, -0.05) is 63.6 Å². The largest absolute Gasteiger partial charge is 0.0651 e. The average Bonchev–Trinajstić information content (AvgIpc) is 2.29. The molecule has 2 rings (SSSR count). The maximum Gasteiger partial charge on any atom is -0.0147 e. The fourth-order valence-electron chi connectivity index (χ4n) is 2.38. The van der Waals surface area contributed by atoms with Crippen molar-refractivity contribution >= 4 is 10.8 Å². The summed E-state index contributed by atoms with van der Waals surface area (Å²) in [5, 5.41) is 2.87. The summed E-state index contributed by atoms with van der Waals surface area (Å²) in [5.41, 5.74) is 2.96. The molecule has 16 heavy (non-hydrogen) atoms. The minimum atomic E-state index is 0.598. The van der Waals surface area contributed by atoms with Gasteiger partial charge in [-0.05, 0) is 34.2 Å². The first-order valence-electron chi connectivity index (χ1n) is 6.24. The first kappa shape index (κ1) is 11.2. The number of hydrogen-bond acceptors (Lipinski definition) is 0. The Morgan fingerprint density at radius 3 is 2.25 bits per heavy atom. The molecule has 84 valence electrons. The molecular formula is C16H20. The van der Waals surface area contributed by atoms with E-state index in [4.69, 9.17) is 0 Å². The second kappa shape index (κ2) is 4.69. The Morgan fingerprint density at radius 1 is 0.938 bits per heavy atom. The predicted molar refractivity (Wildman–Crippen MR) is 72.0 cm³/mol. The van der Waals surface area contributed by atoms with Crippen LogP contribution in [0.1, 0.15) is 44.2 Å². The van der Waals surface area contributed by atoms with Crippen molar-refractivity contribution in [1.29, 1.82) is 0 Å². The van der Waals surface area contributed by atoms with Crippen molar-refractivity contribution in [3.63, 3.8) is 0 Å². The van der Waals surface area contributed by atoms with E-state index in [2.05, 4.69) is 57.2 Å². The average molecular weight is 212 g/mol. The van der Waals surface area contributed by atoms with Gasteiger partial charge in [-0.15, -0.1) is 0 Å². The van der Waals surface area contributed by atoms with E-state index in [1.807, 2.05) is 0 Å². The molecule has 0 aliphatic heterocycles. The molecule has 0 heterocycles. The summed E-state index contributed by atoms with van der Waals surface area (Å²) in [4.78, 5) is 0. The van der Waals surface area contributed by atoms with E-state index in [-0.39, 0.29) is 0 Å². The summed E-state index contributed by atoms with van der Waals surface area (Å²) in [5.74, 6) is 0.598. The molecule has 0 fully saturated rings. The molecule has 0 bridgehead atoms. The van der Waals surface area contributed by atoms with E-state index < -0.39 is 0 Å². The van der Waals surface area contributed by atoms with Gasteiger partial charge in [-0.2, -0.15) is 0 Å². The van der Waals surface area contributed by atoms with Crippen LogP contribution in [0.4, 0.5) is 0 Å². The zero-order valence-electron chi connectivity index (χ0n) is 10.5. The maximum absolute atomic E-state index is 2.31. The van der Waals surface area contributed by atoms with Gasteiger partial charge in [0, 0.05) is 0 Å². The number of fused-ring (bicyclic) bond motifs is 1. The topological polar surface area (TPSA) is 0 Å². The predicted octanol–water partition coefficient (Wildman–Crippen LogP) is 4.92. The molecule has 0 aliphatic carbocycles. The number of hydrogen-bond donors (Lipinski definition) is 0. The molecule has 0 heteroatoms. The van der Waals surface area contributed by atoms with E-state index >= 15 is 0 Å². The molecule has 0 atom stereocenters. The molecule has 0 saturated heterocycles. The molecule has 0 radical (unpaired) electrons. The van der Waals surface area contributed by atoms with Crippen molar-refractivity contribution in [1.82, 2.24) is 0 Å². The SMILES string of the molecule is CCCc1ccc(C(C)C)c2ccccc12. The lowest BCUT2D eigenvalue weighted by molar-refractivity contribution is 0.872. The van der Waals surface area contributed by atoms with Crippen molar-refractivity contribution in [2.45, 2.75) is 39.5 Å². The van der Waals surface area contributed by atoms with Crippen molar-refractivity contribution in [3.05, 3.63) is 47.5 Å². The molecule has 0 N–H and O–H groups in total. The lowest BCUT2D eigenvalue weighted by atomic mass is 9.92. The highest BCUT2D eigenvalue weighted by Crippen LogP contribution is 2.28. The minimum Gasteiger partial charge on any atom is -0.0651 e. The molecule has 0 amide bonds. The van der Waals surface area contributed by atoms with Crippen LogP contribution in [-0.2, 0) is 6.42 Å². The molecule has 0 spiro atoms. The van der Waals surface area contributed by atoms with Gasteiger partial charge in [0.05, 0.1) is 0 Å². The molecule has 0 unspecified atom stereocenters. The Labute approximate surface area is 98.3 Å². The summed E-state index contributed by atoms with van der Waals surface area (Å²) >= 11 is 0. The zero-order chi connectivity index (χ0) is 11.5. The highest BCUT2D eigenvalue weighted by atomic mass is 14.1. The smallest absolute Gasteiger partial charge is 0.0147 e. The quantitative estimate of drug-likeness (QED) is 0.677. The molecule has 0 aromatic heterocycles. The van der Waals surface area contributed by atoms with Crippen LogP contribution in [0.25, 0.3) is 10.8 Å². The monoisotopic (exact) mass is 212 g/mol. The van der Waals surface area contributed by atoms with Gasteiger partial charge in [0.15, 0.2) is 0 Å². The van der Waals surface area contributed by atoms with Crippen LogP contribution in [0.15, 0.2) is 36.4 Å². The van der Waals surface area contributed by atoms with Crippen LogP contribution < -0.4 is 0 Å². The van der Waals surface area contributed by atoms with Crippen LogP contribution in [0, 0.1) is 0 Å². The fourth-order valence-corrected chi connectivity index (χ4v) is 2.38. The molecule has 2 aromatic rings. The van der Waals surface area contributed by atoms with Crippen LogP contribution >= 0.6 is 0 Å². The molecule has 0 nitrogen and oxygen atoms in total. The van der Waals surface area contributed by atoms with Gasteiger partial charge in [0.2, 0.25) is 0 Å². The van der Waals surface area contributed by atoms with E-state index in [0.29, 0.717) is 5.92 Å². The lowest BCUT2D eigenvalue weighted by Gasteiger charge is -2.13. The summed E-state index contributed by atoms with van der Waals surface area (Å²) < 4.78 is 0. The maximum atomic E-state index is 2.31. The first-order chi connectivity index (χ1) is 7.74. The summed E-state index contributed by atoms with van der Waals surface area (Å²) in [6.07, 6.45) is 2.39. The van der Waals surface area contributed by atoms with Crippen LogP contribution in [0.2, 0.25) is 0 Å². The highest BCUT2D eigenvalue weighted by molar-refractivity contribution is 5.89. The number of aryl methyl sites for hydroxylation is 1. The second-order valence-electron chi connectivity index (χ2n) is 4.76. The highest BCUT2D eigenvalue weighted by Gasteiger charge is 2.07. The Hall–Kier alpha value is -1.30. The third-order valence-corrected chi connectivity index (χ3v) is 3.19. The number of benzene rings is 2. The molecular weight excluding hydrogens is 192 g/mol. The minimum absolute atomic E-state index is 0.598. The molecule has 0 aliphatic rings. The van der Waals surface area contributed by atoms with Crippen LogP contribution in [0.5, 0.6) is 0 Å². The first-order valence-corrected chi connectivity index (χ1v) is 6.24. The van der Waals surface area contributed by atoms with Gasteiger partial charge >= 0.3 is 0 Å². The summed E-state index contributed by atoms with van der Waals surface area (Å²) in [6.45, 7) is 6.77. The van der Waals surface area contributed by atoms with Gasteiger partial charge < -0.3 is 0 Å². The normalized spacial score (nSPS) is 11.2. The van der Waals surface area contributed by atoms with Gasteiger partial charge in [0.1, 0.15) is 0 Å². The van der Waals surface area contributed by atoms with Gasteiger partial charge in [-0.25, -0.2) is 0 Å². The van der Waals surface area contributed by atoms with Crippen LogP contribution in [0.3, 0.4) is 0 Å². The van der Waals surface area contributed by atoms with E-state index in [1.165, 1.54) is 34.7 Å². The summed E-state index contributed by atoms with van der Waals surface area (Å²) in [7, 11) is 0.